The molecule has 4 heterocycles. The van der Waals surface area contributed by atoms with Gasteiger partial charge in [-0.05, 0) is 76.4 Å². The number of nitrogen functional groups attached to an aromatic ring is 1. The monoisotopic (exact) mass is 662 g/mol. The maximum atomic E-state index is 13.5. The molecule has 11 nitrogen and oxygen atoms in total. The van der Waals surface area contributed by atoms with E-state index in [-0.39, 0.29) is 35.6 Å². The van der Waals surface area contributed by atoms with Gasteiger partial charge in [0, 0.05) is 48.7 Å². The summed E-state index contributed by atoms with van der Waals surface area (Å²) in [5, 5.41) is 5.68. The summed E-state index contributed by atoms with van der Waals surface area (Å²) in [6.07, 6.45) is 12.1. The van der Waals surface area contributed by atoms with Gasteiger partial charge in [0.1, 0.15) is 34.4 Å². The van der Waals surface area contributed by atoms with E-state index in [1.54, 1.807) is 25.4 Å². The molecule has 0 radical (unpaired) electrons. The topological polar surface area (TPSA) is 140 Å². The molecule has 48 heavy (non-hydrogen) atoms. The average molecular weight is 663 g/mol. The fourth-order valence-electron chi connectivity index (χ4n) is 6.34. The number of alkyl halides is 3. The van der Waals surface area contributed by atoms with Crippen molar-refractivity contribution in [2.45, 2.75) is 56.7 Å². The van der Waals surface area contributed by atoms with E-state index >= 15 is 0 Å². The second-order valence-corrected chi connectivity index (χ2v) is 11.7. The summed E-state index contributed by atoms with van der Waals surface area (Å²) >= 11 is 0. The molecule has 1 aliphatic heterocycles. The van der Waals surface area contributed by atoms with Gasteiger partial charge >= 0.3 is 6.18 Å². The maximum Gasteiger partial charge on any atom is 0.416 e. The zero-order valence-corrected chi connectivity index (χ0v) is 26.7. The van der Waals surface area contributed by atoms with Crippen molar-refractivity contribution < 1.29 is 27.5 Å². The molecule has 3 aromatic heterocycles. The summed E-state index contributed by atoms with van der Waals surface area (Å²) in [5.74, 6) is 0.504. The first-order chi connectivity index (χ1) is 23.0. The van der Waals surface area contributed by atoms with Crippen LogP contribution in [-0.4, -0.2) is 68.3 Å². The van der Waals surface area contributed by atoms with Crippen LogP contribution in [0.3, 0.4) is 0 Å². The normalized spacial score (nSPS) is 17.1. The van der Waals surface area contributed by atoms with E-state index in [9.17, 15) is 22.8 Å². The standard InChI is InChI=1S/C32H35F3N8O3.C2H2/c1-3-46-23-16-19(29(44)40-24-17-21(9-12-38-24)32(33,34)35)7-8-22(23)25-26-27(36)39-13-15-43(26)28(41-25)20-6-4-14-42(18-20)30(45)31(37-2)10-5-11-31;1-2/h7-9,12-13,15-17,20,37H,3-6,10-11,14,18H2,1-2H3,(H2,36,39)(H,38,40,44);1-2H/t20-;/m1./s1. The van der Waals surface area contributed by atoms with E-state index in [2.05, 4.69) is 33.4 Å². The summed E-state index contributed by atoms with van der Waals surface area (Å²) in [6, 6.07) is 6.32. The number of benzene rings is 1. The van der Waals surface area contributed by atoms with Gasteiger partial charge in [0.2, 0.25) is 5.91 Å². The van der Waals surface area contributed by atoms with Crippen molar-refractivity contribution >= 4 is 29.0 Å². The van der Waals surface area contributed by atoms with Crippen molar-refractivity contribution in [3.63, 3.8) is 0 Å². The molecular formula is C34H37F3N8O3. The third-order valence-corrected chi connectivity index (χ3v) is 8.91. The Bertz CT molecular complexity index is 1830. The van der Waals surface area contributed by atoms with Crippen molar-refractivity contribution in [2.75, 3.05) is 37.8 Å². The number of nitrogens with zero attached hydrogens (tertiary/aromatic N) is 5. The number of aromatic nitrogens is 4. The number of piperidine rings is 1. The Balaban J connectivity index is 0.00000221. The number of amides is 2. The van der Waals surface area contributed by atoms with Gasteiger partial charge in [-0.15, -0.1) is 12.8 Å². The Morgan fingerprint density at radius 3 is 2.56 bits per heavy atom. The van der Waals surface area contributed by atoms with Crippen LogP contribution in [-0.2, 0) is 11.0 Å². The Labute approximate surface area is 276 Å². The summed E-state index contributed by atoms with van der Waals surface area (Å²) < 4.78 is 47.4. The van der Waals surface area contributed by atoms with Gasteiger partial charge in [0.05, 0.1) is 17.7 Å². The molecule has 0 spiro atoms. The summed E-state index contributed by atoms with van der Waals surface area (Å²) in [6.45, 7) is 3.27. The highest BCUT2D eigenvalue weighted by Crippen LogP contribution is 2.40. The molecule has 1 saturated heterocycles. The predicted octanol–water partition coefficient (Wildman–Crippen LogP) is 5.14. The number of anilines is 2. The van der Waals surface area contributed by atoms with Crippen LogP contribution in [0.25, 0.3) is 16.8 Å². The Hall–Kier alpha value is -5.16. The van der Waals surface area contributed by atoms with E-state index in [1.165, 1.54) is 12.1 Å². The Morgan fingerprint density at radius 1 is 1.12 bits per heavy atom. The summed E-state index contributed by atoms with van der Waals surface area (Å²) in [7, 11) is 1.84. The molecule has 2 amide bonds. The van der Waals surface area contributed by atoms with Crippen LogP contribution in [0.1, 0.15) is 66.7 Å². The van der Waals surface area contributed by atoms with E-state index in [4.69, 9.17) is 15.5 Å². The number of carbonyl (C=O) groups excluding carboxylic acids is 2. The van der Waals surface area contributed by atoms with E-state index in [0.29, 0.717) is 35.6 Å². The zero-order valence-electron chi connectivity index (χ0n) is 26.7. The van der Waals surface area contributed by atoms with E-state index < -0.39 is 23.2 Å². The van der Waals surface area contributed by atoms with Crippen LogP contribution in [0.4, 0.5) is 24.8 Å². The highest BCUT2D eigenvalue weighted by Gasteiger charge is 2.46. The van der Waals surface area contributed by atoms with Crippen LogP contribution in [0, 0.1) is 12.8 Å². The van der Waals surface area contributed by atoms with E-state index in [0.717, 1.165) is 56.3 Å². The second kappa shape index (κ2) is 13.9. The molecule has 6 rings (SSSR count). The van der Waals surface area contributed by atoms with Crippen LogP contribution < -0.4 is 21.1 Å². The fourth-order valence-corrected chi connectivity index (χ4v) is 6.34. The number of hydrogen-bond acceptors (Lipinski definition) is 8. The number of nitrogens with two attached hydrogens (primary N) is 1. The molecule has 0 unspecified atom stereocenters. The molecule has 1 aromatic carbocycles. The lowest BCUT2D eigenvalue weighted by molar-refractivity contribution is -0.143. The molecule has 14 heteroatoms. The van der Waals surface area contributed by atoms with Crippen LogP contribution in [0.2, 0.25) is 0 Å². The number of likely N-dealkylation sites (tertiary alicyclic amines) is 1. The molecule has 1 atom stereocenters. The van der Waals surface area contributed by atoms with Gasteiger partial charge in [-0.2, -0.15) is 13.2 Å². The van der Waals surface area contributed by atoms with Crippen LogP contribution in [0.15, 0.2) is 48.9 Å². The lowest BCUT2D eigenvalue weighted by atomic mass is 9.75. The molecule has 2 aliphatic rings. The number of ether oxygens (including phenoxy) is 1. The van der Waals surface area contributed by atoms with Gasteiger partial charge in [0.15, 0.2) is 0 Å². The zero-order chi connectivity index (χ0) is 34.6. The van der Waals surface area contributed by atoms with Crippen LogP contribution >= 0.6 is 0 Å². The minimum atomic E-state index is -4.58. The number of halogens is 3. The molecule has 0 bridgehead atoms. The maximum absolute atomic E-state index is 13.5. The Kier molecular flexibility index (Phi) is 9.90. The van der Waals surface area contributed by atoms with Gasteiger partial charge < -0.3 is 26.0 Å². The summed E-state index contributed by atoms with van der Waals surface area (Å²) in [5.41, 5.74) is 6.77. The number of terminal acetylenes is 1. The molecule has 2 fully saturated rings. The third-order valence-electron chi connectivity index (χ3n) is 8.91. The first-order valence-electron chi connectivity index (χ1n) is 15.6. The first-order valence-corrected chi connectivity index (χ1v) is 15.6. The number of carbonyl (C=O) groups is 2. The van der Waals surface area contributed by atoms with Gasteiger partial charge in [-0.1, -0.05) is 0 Å². The highest BCUT2D eigenvalue weighted by molar-refractivity contribution is 6.04. The number of imidazole rings is 1. The second-order valence-electron chi connectivity index (χ2n) is 11.7. The van der Waals surface area contributed by atoms with Gasteiger partial charge in [0.25, 0.3) is 5.91 Å². The van der Waals surface area contributed by atoms with Crippen molar-refractivity contribution in [3.05, 3.63) is 65.9 Å². The minimum Gasteiger partial charge on any atom is -0.493 e. The van der Waals surface area contributed by atoms with Crippen molar-refractivity contribution in [2.24, 2.45) is 0 Å². The van der Waals surface area contributed by atoms with Crippen LogP contribution in [0.5, 0.6) is 5.75 Å². The molecule has 1 aliphatic carbocycles. The number of pyridine rings is 1. The van der Waals surface area contributed by atoms with Gasteiger partial charge in [-0.25, -0.2) is 15.0 Å². The quantitative estimate of drug-likeness (QED) is 0.221. The van der Waals surface area contributed by atoms with Crippen molar-refractivity contribution in [3.8, 4) is 29.9 Å². The first kappa shape index (κ1) is 34.2. The van der Waals surface area contributed by atoms with Crippen molar-refractivity contribution in [1.29, 1.82) is 0 Å². The lowest BCUT2D eigenvalue weighted by Gasteiger charge is -2.45. The number of rotatable bonds is 8. The van der Waals surface area contributed by atoms with Crippen molar-refractivity contribution in [1.82, 2.24) is 29.6 Å². The lowest BCUT2D eigenvalue weighted by Crippen LogP contribution is -2.62. The molecule has 4 N–H and O–H groups in total. The molecule has 252 valence electrons. The minimum absolute atomic E-state index is 0.0599. The average Bonchev–Trinajstić information content (AvgIpc) is 3.46. The molecular weight excluding hydrogens is 625 g/mol. The predicted molar refractivity (Wildman–Crippen MR) is 175 cm³/mol. The fraction of sp³-hybridized carbons (Fsp3) is 0.382. The number of likely N-dealkylation sites (N-methyl/N-ethyl adjacent to an activating group) is 1. The number of nitrogens with one attached hydrogen (secondary N) is 2. The third kappa shape index (κ3) is 6.50. The smallest absolute Gasteiger partial charge is 0.416 e. The number of hydrogen-bond donors (Lipinski definition) is 3. The highest BCUT2D eigenvalue weighted by atomic mass is 19.4. The van der Waals surface area contributed by atoms with Gasteiger partial charge in [-0.3, -0.25) is 14.0 Å². The molecule has 1 saturated carbocycles. The molecule has 4 aromatic rings. The van der Waals surface area contributed by atoms with E-state index in [1.807, 2.05) is 16.3 Å². The largest absolute Gasteiger partial charge is 0.493 e. The Morgan fingerprint density at radius 2 is 1.90 bits per heavy atom. The number of fused-ring (bicyclic) bond motifs is 1. The SMILES string of the molecule is C#C.CCOc1cc(C(=O)Nc2cc(C(F)(F)F)ccn2)ccc1-c1nc([C@@H]2CCCN(C(=O)C3(NC)CCC3)C2)n2ccnc(N)c12. The summed E-state index contributed by atoms with van der Waals surface area (Å²) in [4.78, 5) is 41.8.